The van der Waals surface area contributed by atoms with E-state index >= 15 is 0 Å². The zero-order valence-electron chi connectivity index (χ0n) is 12.3. The molecule has 1 atom stereocenters. The van der Waals surface area contributed by atoms with Gasteiger partial charge in [-0.2, -0.15) is 26.3 Å². The van der Waals surface area contributed by atoms with Gasteiger partial charge in [0.1, 0.15) is 5.60 Å². The van der Waals surface area contributed by atoms with Gasteiger partial charge >= 0.3 is 18.4 Å². The molecule has 0 aliphatic carbocycles. The van der Waals surface area contributed by atoms with Gasteiger partial charge in [0.25, 0.3) is 0 Å². The maximum Gasteiger partial charge on any atom is 0.410 e. The van der Waals surface area contributed by atoms with E-state index in [-0.39, 0.29) is 13.1 Å². The Morgan fingerprint density at radius 2 is 1.64 bits per heavy atom. The maximum atomic E-state index is 12.8. The van der Waals surface area contributed by atoms with E-state index in [2.05, 4.69) is 5.32 Å². The van der Waals surface area contributed by atoms with Crippen LogP contribution in [0.5, 0.6) is 0 Å². The zero-order chi connectivity index (χ0) is 17.3. The number of alkyl halides is 6. The third kappa shape index (κ3) is 4.92. The number of carbonyl (C=O) groups is 1. The van der Waals surface area contributed by atoms with Gasteiger partial charge in [-0.1, -0.05) is 0 Å². The van der Waals surface area contributed by atoms with Crippen LogP contribution in [0.25, 0.3) is 0 Å². The van der Waals surface area contributed by atoms with Gasteiger partial charge in [0, 0.05) is 19.6 Å². The van der Waals surface area contributed by atoms with E-state index in [0.717, 1.165) is 0 Å². The van der Waals surface area contributed by atoms with Crippen LogP contribution in [-0.4, -0.2) is 54.6 Å². The molecule has 1 amide bonds. The van der Waals surface area contributed by atoms with Crippen molar-refractivity contribution >= 4 is 6.09 Å². The Kier molecular flexibility index (Phi) is 5.26. The van der Waals surface area contributed by atoms with Crippen molar-refractivity contribution in [3.8, 4) is 0 Å². The second-order valence-corrected chi connectivity index (χ2v) is 6.01. The molecule has 130 valence electrons. The standard InChI is InChI=1S/C12H18F6N2O2/c1-10(2,3)22-9(21)20-5-4-19-6-7(20)8(11(13,14)15)12(16,17)18/h7-8,19H,4-6H2,1-3H3. The van der Waals surface area contributed by atoms with Crippen molar-refractivity contribution in [2.45, 2.75) is 44.8 Å². The molecule has 1 heterocycles. The molecule has 0 aromatic heterocycles. The van der Waals surface area contributed by atoms with E-state index in [9.17, 15) is 31.1 Å². The van der Waals surface area contributed by atoms with E-state index in [0.29, 0.717) is 4.90 Å². The van der Waals surface area contributed by atoms with Crippen molar-refractivity contribution in [3.63, 3.8) is 0 Å². The number of rotatable bonds is 1. The zero-order valence-corrected chi connectivity index (χ0v) is 12.3. The number of amides is 1. The Morgan fingerprint density at radius 3 is 2.05 bits per heavy atom. The fourth-order valence-electron chi connectivity index (χ4n) is 2.19. The van der Waals surface area contributed by atoms with Gasteiger partial charge in [0.15, 0.2) is 5.92 Å². The molecule has 4 nitrogen and oxygen atoms in total. The molecule has 0 saturated carbocycles. The minimum atomic E-state index is -5.51. The molecule has 0 aromatic carbocycles. The van der Waals surface area contributed by atoms with Crippen LogP contribution in [-0.2, 0) is 4.74 Å². The summed E-state index contributed by atoms with van der Waals surface area (Å²) in [5, 5.41) is 2.46. The molecule has 1 unspecified atom stereocenters. The Balaban J connectivity index is 3.08. The van der Waals surface area contributed by atoms with Crippen molar-refractivity contribution in [3.05, 3.63) is 0 Å². The number of ether oxygens (including phenoxy) is 1. The average molecular weight is 336 g/mol. The van der Waals surface area contributed by atoms with Crippen LogP contribution in [0.15, 0.2) is 0 Å². The van der Waals surface area contributed by atoms with Crippen LogP contribution >= 0.6 is 0 Å². The van der Waals surface area contributed by atoms with Crippen LogP contribution in [0.4, 0.5) is 31.1 Å². The molecule has 1 N–H and O–H groups in total. The fraction of sp³-hybridized carbons (Fsp3) is 0.917. The lowest BCUT2D eigenvalue weighted by atomic mass is 9.95. The lowest BCUT2D eigenvalue weighted by Crippen LogP contribution is -2.62. The monoisotopic (exact) mass is 336 g/mol. The normalized spacial score (nSPS) is 21.2. The minimum Gasteiger partial charge on any atom is -0.444 e. The summed E-state index contributed by atoms with van der Waals surface area (Å²) < 4.78 is 82.0. The number of hydrogen-bond acceptors (Lipinski definition) is 3. The average Bonchev–Trinajstić information content (AvgIpc) is 2.23. The predicted molar refractivity (Wildman–Crippen MR) is 65.2 cm³/mol. The third-order valence-corrected chi connectivity index (χ3v) is 3.00. The molecule has 22 heavy (non-hydrogen) atoms. The highest BCUT2D eigenvalue weighted by molar-refractivity contribution is 5.69. The second-order valence-electron chi connectivity index (χ2n) is 6.01. The highest BCUT2D eigenvalue weighted by Gasteiger charge is 2.62. The number of hydrogen-bond donors (Lipinski definition) is 1. The molecule has 10 heteroatoms. The van der Waals surface area contributed by atoms with Gasteiger partial charge in [0.2, 0.25) is 0 Å². The molecule has 0 bridgehead atoms. The highest BCUT2D eigenvalue weighted by Crippen LogP contribution is 2.43. The van der Waals surface area contributed by atoms with Crippen molar-refractivity contribution in [2.75, 3.05) is 19.6 Å². The largest absolute Gasteiger partial charge is 0.444 e. The van der Waals surface area contributed by atoms with Crippen molar-refractivity contribution < 1.29 is 35.9 Å². The SMILES string of the molecule is CC(C)(C)OC(=O)N1CCNCC1C(C(F)(F)F)C(F)(F)F. The molecular formula is C12H18F6N2O2. The van der Waals surface area contributed by atoms with Crippen molar-refractivity contribution in [2.24, 2.45) is 5.92 Å². The second kappa shape index (κ2) is 6.13. The fourth-order valence-corrected chi connectivity index (χ4v) is 2.19. The smallest absolute Gasteiger partial charge is 0.410 e. The van der Waals surface area contributed by atoms with Gasteiger partial charge in [-0.3, -0.25) is 0 Å². The van der Waals surface area contributed by atoms with E-state index in [1.54, 1.807) is 0 Å². The summed E-state index contributed by atoms with van der Waals surface area (Å²) in [6.07, 6.45) is -12.2. The lowest BCUT2D eigenvalue weighted by molar-refractivity contribution is -0.298. The Hall–Kier alpha value is -1.19. The molecule has 0 spiro atoms. The molecular weight excluding hydrogens is 318 g/mol. The molecule has 0 radical (unpaired) electrons. The third-order valence-electron chi connectivity index (χ3n) is 3.00. The van der Waals surface area contributed by atoms with Gasteiger partial charge in [-0.15, -0.1) is 0 Å². The number of nitrogens with one attached hydrogen (secondary N) is 1. The van der Waals surface area contributed by atoms with Gasteiger partial charge in [0.05, 0.1) is 6.04 Å². The van der Waals surface area contributed by atoms with Crippen LogP contribution in [0.3, 0.4) is 0 Å². The van der Waals surface area contributed by atoms with Crippen molar-refractivity contribution in [1.82, 2.24) is 10.2 Å². The lowest BCUT2D eigenvalue weighted by Gasteiger charge is -2.41. The first-order valence-electron chi connectivity index (χ1n) is 6.57. The Morgan fingerprint density at radius 1 is 1.14 bits per heavy atom. The predicted octanol–water partition coefficient (Wildman–Crippen LogP) is 2.94. The van der Waals surface area contributed by atoms with E-state index in [1.165, 1.54) is 20.8 Å². The van der Waals surface area contributed by atoms with Gasteiger partial charge < -0.3 is 15.0 Å². The number of carbonyl (C=O) groups excluding carboxylic acids is 1. The summed E-state index contributed by atoms with van der Waals surface area (Å²) >= 11 is 0. The summed E-state index contributed by atoms with van der Waals surface area (Å²) in [6.45, 7) is 3.64. The summed E-state index contributed by atoms with van der Waals surface area (Å²) in [4.78, 5) is 12.4. The molecule has 1 rings (SSSR count). The summed E-state index contributed by atoms with van der Waals surface area (Å²) in [5.41, 5.74) is -1.02. The number of halogens is 6. The highest BCUT2D eigenvalue weighted by atomic mass is 19.4. The van der Waals surface area contributed by atoms with Crippen molar-refractivity contribution in [1.29, 1.82) is 0 Å². The molecule has 1 fully saturated rings. The van der Waals surface area contributed by atoms with Gasteiger partial charge in [-0.25, -0.2) is 4.79 Å². The number of nitrogens with zero attached hydrogens (tertiary/aromatic N) is 1. The molecule has 1 saturated heterocycles. The summed E-state index contributed by atoms with van der Waals surface area (Å²) in [5.74, 6) is -3.62. The quantitative estimate of drug-likeness (QED) is 0.749. The summed E-state index contributed by atoms with van der Waals surface area (Å²) in [6, 6.07) is -2.09. The first-order valence-corrected chi connectivity index (χ1v) is 6.57. The minimum absolute atomic E-state index is 0.0954. The van der Waals surface area contributed by atoms with Crippen LogP contribution in [0, 0.1) is 5.92 Å². The van der Waals surface area contributed by atoms with E-state index in [1.807, 2.05) is 0 Å². The van der Waals surface area contributed by atoms with Crippen LogP contribution in [0.1, 0.15) is 20.8 Å². The Bertz CT molecular complexity index is 388. The molecule has 1 aliphatic heterocycles. The van der Waals surface area contributed by atoms with E-state index in [4.69, 9.17) is 4.74 Å². The Labute approximate surface area is 123 Å². The van der Waals surface area contributed by atoms with Gasteiger partial charge in [-0.05, 0) is 20.8 Å². The first-order chi connectivity index (χ1) is 9.73. The van der Waals surface area contributed by atoms with Crippen LogP contribution < -0.4 is 5.32 Å². The van der Waals surface area contributed by atoms with E-state index < -0.39 is 42.6 Å². The van der Waals surface area contributed by atoms with Crippen LogP contribution in [0.2, 0.25) is 0 Å². The topological polar surface area (TPSA) is 41.6 Å². The molecule has 0 aromatic rings. The first kappa shape index (κ1) is 18.9. The summed E-state index contributed by atoms with van der Waals surface area (Å²) in [7, 11) is 0. The maximum absolute atomic E-state index is 12.8. The number of piperazine rings is 1. The molecule has 1 aliphatic rings.